The van der Waals surface area contributed by atoms with Gasteiger partial charge in [-0.25, -0.2) is 0 Å². The van der Waals surface area contributed by atoms with Crippen LogP contribution in [0.3, 0.4) is 0 Å². The first kappa shape index (κ1) is 17.4. The Balaban J connectivity index is 2.02. The molecule has 0 spiro atoms. The molecule has 1 aromatic heterocycles. The summed E-state index contributed by atoms with van der Waals surface area (Å²) in [6, 6.07) is 7.88. The smallest absolute Gasteiger partial charge is 0.137 e. The number of nitrogens with zero attached hydrogens (tertiary/aromatic N) is 1. The number of hydrogen-bond acceptors (Lipinski definition) is 4. The predicted octanol–water partition coefficient (Wildman–Crippen LogP) is 4.41. The fourth-order valence-corrected chi connectivity index (χ4v) is 3.21. The molecule has 0 radical (unpaired) electrons. The molecule has 1 fully saturated rings. The first-order valence-electron chi connectivity index (χ1n) is 8.27. The lowest BCUT2D eigenvalue weighted by atomic mass is 9.87. The molecule has 0 unspecified atom stereocenters. The minimum atomic E-state index is 0.450. The van der Waals surface area contributed by atoms with Crippen molar-refractivity contribution >= 4 is 11.6 Å². The Morgan fingerprint density at radius 3 is 2.80 bits per heavy atom. The molecule has 0 bridgehead atoms. The molecule has 1 aliphatic carbocycles. The Hall–Kier alpha value is -2.46. The highest BCUT2D eigenvalue weighted by molar-refractivity contribution is 6.31. The Bertz CT molecular complexity index is 823. The molecule has 5 heteroatoms. The molecule has 0 aliphatic heterocycles. The summed E-state index contributed by atoms with van der Waals surface area (Å²) in [5.41, 5.74) is 11.3. The van der Waals surface area contributed by atoms with Gasteiger partial charge in [0.05, 0.1) is 19.1 Å². The van der Waals surface area contributed by atoms with Crippen LogP contribution in [-0.4, -0.2) is 12.1 Å². The molecule has 1 aliphatic rings. The molecule has 2 aromatic rings. The van der Waals surface area contributed by atoms with Gasteiger partial charge in [0.2, 0.25) is 0 Å². The lowest BCUT2D eigenvalue weighted by molar-refractivity contribution is 0.413. The fraction of sp³-hybridized carbons (Fsp3) is 0.250. The minimum absolute atomic E-state index is 0.450. The Morgan fingerprint density at radius 2 is 2.16 bits per heavy atom. The summed E-state index contributed by atoms with van der Waals surface area (Å²) in [6.45, 7) is 3.78. The first-order valence-corrected chi connectivity index (χ1v) is 8.65. The van der Waals surface area contributed by atoms with E-state index < -0.39 is 0 Å². The lowest BCUT2D eigenvalue weighted by Gasteiger charge is -2.24. The van der Waals surface area contributed by atoms with E-state index in [0.717, 1.165) is 46.0 Å². The average molecular weight is 356 g/mol. The van der Waals surface area contributed by atoms with Crippen molar-refractivity contribution < 1.29 is 4.74 Å². The van der Waals surface area contributed by atoms with Gasteiger partial charge in [-0.1, -0.05) is 35.9 Å². The van der Waals surface area contributed by atoms with Gasteiger partial charge in [-0.05, 0) is 42.5 Å². The van der Waals surface area contributed by atoms with Crippen LogP contribution in [0.5, 0.6) is 5.75 Å². The van der Waals surface area contributed by atoms with Gasteiger partial charge >= 0.3 is 0 Å². The van der Waals surface area contributed by atoms with E-state index in [2.05, 4.69) is 22.9 Å². The van der Waals surface area contributed by atoms with Crippen molar-refractivity contribution in [2.45, 2.75) is 25.7 Å². The number of aromatic nitrogens is 1. The second-order valence-electron chi connectivity index (χ2n) is 6.14. The maximum atomic E-state index is 6.54. The zero-order valence-corrected chi connectivity index (χ0v) is 15.1. The van der Waals surface area contributed by atoms with Crippen LogP contribution in [0.2, 0.25) is 5.02 Å². The van der Waals surface area contributed by atoms with Crippen molar-refractivity contribution in [2.24, 2.45) is 5.73 Å². The topological polar surface area (TPSA) is 60.2 Å². The molecule has 25 heavy (non-hydrogen) atoms. The molecule has 1 heterocycles. The number of halogens is 1. The number of methoxy groups -OCH3 is 1. The van der Waals surface area contributed by atoms with Gasteiger partial charge in [0.1, 0.15) is 5.75 Å². The van der Waals surface area contributed by atoms with Crippen molar-refractivity contribution in [3.05, 3.63) is 70.9 Å². The van der Waals surface area contributed by atoms with Crippen molar-refractivity contribution in [1.82, 2.24) is 10.3 Å². The molecule has 0 saturated heterocycles. The first-order chi connectivity index (χ1) is 12.1. The van der Waals surface area contributed by atoms with E-state index in [4.69, 9.17) is 22.1 Å². The predicted molar refractivity (Wildman–Crippen MR) is 102 cm³/mol. The number of pyridine rings is 1. The third-order valence-electron chi connectivity index (χ3n) is 4.43. The maximum absolute atomic E-state index is 6.54. The summed E-state index contributed by atoms with van der Waals surface area (Å²) >= 11 is 6.54. The van der Waals surface area contributed by atoms with Crippen molar-refractivity contribution in [1.29, 1.82) is 0 Å². The minimum Gasteiger partial charge on any atom is -0.495 e. The van der Waals surface area contributed by atoms with Gasteiger partial charge in [-0.2, -0.15) is 0 Å². The van der Waals surface area contributed by atoms with Crippen LogP contribution in [0.1, 0.15) is 24.8 Å². The SMILES string of the molecule is C=C(N)NC(Cc1c(Cl)cccc1-c1cncc(OC)c1)=C1CCC1. The summed E-state index contributed by atoms with van der Waals surface area (Å²) in [5, 5.41) is 3.95. The standard InChI is InChI=1S/C20H22ClN3O/c1-13(22)24-20(14-5-3-6-14)10-18-17(7-4-8-19(18)21)15-9-16(25-2)12-23-11-15/h4,7-9,11-12,24H,1,3,5-6,10,22H2,2H3. The fourth-order valence-electron chi connectivity index (χ4n) is 2.97. The third kappa shape index (κ3) is 3.97. The largest absolute Gasteiger partial charge is 0.495 e. The molecule has 1 aromatic carbocycles. The van der Waals surface area contributed by atoms with Crippen molar-refractivity contribution in [3.8, 4) is 16.9 Å². The van der Waals surface area contributed by atoms with Gasteiger partial charge < -0.3 is 15.8 Å². The van der Waals surface area contributed by atoms with E-state index in [1.165, 1.54) is 12.0 Å². The Morgan fingerprint density at radius 1 is 1.36 bits per heavy atom. The van der Waals surface area contributed by atoms with E-state index in [1.807, 2.05) is 24.4 Å². The monoisotopic (exact) mass is 355 g/mol. The van der Waals surface area contributed by atoms with Crippen LogP contribution in [0.15, 0.2) is 60.3 Å². The van der Waals surface area contributed by atoms with Gasteiger partial charge in [0.25, 0.3) is 0 Å². The number of nitrogens with two attached hydrogens (primary N) is 1. The van der Waals surface area contributed by atoms with Crippen LogP contribution in [0.25, 0.3) is 11.1 Å². The van der Waals surface area contributed by atoms with E-state index in [-0.39, 0.29) is 0 Å². The van der Waals surface area contributed by atoms with Crippen LogP contribution in [0.4, 0.5) is 0 Å². The Labute approximate surface area is 153 Å². The van der Waals surface area contributed by atoms with Crippen molar-refractivity contribution in [3.63, 3.8) is 0 Å². The van der Waals surface area contributed by atoms with Crippen molar-refractivity contribution in [2.75, 3.05) is 7.11 Å². The zero-order valence-electron chi connectivity index (χ0n) is 14.3. The number of ether oxygens (including phenoxy) is 1. The van der Waals surface area contributed by atoms with Gasteiger partial charge in [-0.15, -0.1) is 0 Å². The van der Waals surface area contributed by atoms with Gasteiger partial charge in [0.15, 0.2) is 0 Å². The highest BCUT2D eigenvalue weighted by Gasteiger charge is 2.18. The summed E-state index contributed by atoms with van der Waals surface area (Å²) in [5.74, 6) is 1.17. The van der Waals surface area contributed by atoms with Gasteiger partial charge in [-0.3, -0.25) is 4.98 Å². The average Bonchev–Trinajstić information content (AvgIpc) is 2.54. The molecular weight excluding hydrogens is 334 g/mol. The molecule has 130 valence electrons. The van der Waals surface area contributed by atoms with Crippen LogP contribution in [0, 0.1) is 0 Å². The molecule has 1 saturated carbocycles. The second-order valence-corrected chi connectivity index (χ2v) is 6.55. The second kappa shape index (κ2) is 7.62. The number of rotatable bonds is 6. The van der Waals surface area contributed by atoms with Crippen LogP contribution in [-0.2, 0) is 6.42 Å². The van der Waals surface area contributed by atoms with E-state index in [1.54, 1.807) is 13.3 Å². The number of benzene rings is 1. The highest BCUT2D eigenvalue weighted by Crippen LogP contribution is 2.35. The summed E-state index contributed by atoms with van der Waals surface area (Å²) in [6.07, 6.45) is 7.59. The van der Waals surface area contributed by atoms with Crippen LogP contribution < -0.4 is 15.8 Å². The number of hydrogen-bond donors (Lipinski definition) is 2. The zero-order chi connectivity index (χ0) is 17.8. The highest BCUT2D eigenvalue weighted by atomic mass is 35.5. The lowest BCUT2D eigenvalue weighted by Crippen LogP contribution is -2.23. The molecule has 3 N–H and O–H groups in total. The molecule has 0 amide bonds. The quantitative estimate of drug-likeness (QED) is 0.805. The van der Waals surface area contributed by atoms with Crippen LogP contribution >= 0.6 is 11.6 Å². The summed E-state index contributed by atoms with van der Waals surface area (Å²) in [4.78, 5) is 4.26. The molecular formula is C20H22ClN3O. The van der Waals surface area contributed by atoms with E-state index in [0.29, 0.717) is 12.2 Å². The number of allylic oxidation sites excluding steroid dienone is 2. The van der Waals surface area contributed by atoms with E-state index >= 15 is 0 Å². The normalized spacial score (nSPS) is 13.1. The Kier molecular flexibility index (Phi) is 5.29. The molecule has 0 atom stereocenters. The van der Waals surface area contributed by atoms with Gasteiger partial charge in [0, 0.05) is 28.9 Å². The summed E-state index contributed by atoms with van der Waals surface area (Å²) in [7, 11) is 1.63. The third-order valence-corrected chi connectivity index (χ3v) is 4.78. The number of nitrogens with one attached hydrogen (secondary N) is 1. The van der Waals surface area contributed by atoms with E-state index in [9.17, 15) is 0 Å². The maximum Gasteiger partial charge on any atom is 0.137 e. The molecule has 4 nitrogen and oxygen atoms in total. The summed E-state index contributed by atoms with van der Waals surface area (Å²) < 4.78 is 5.30. The molecule has 3 rings (SSSR count).